The average molecular weight is 627 g/mol. The molecule has 0 unspecified atom stereocenters. The lowest BCUT2D eigenvalue weighted by atomic mass is 10.0. The van der Waals surface area contributed by atoms with Crippen molar-refractivity contribution in [2.45, 2.75) is 23.4 Å². The van der Waals surface area contributed by atoms with E-state index in [1.807, 2.05) is 48.5 Å². The van der Waals surface area contributed by atoms with Crippen molar-refractivity contribution in [1.82, 2.24) is 4.98 Å². The third-order valence-corrected chi connectivity index (χ3v) is 8.82. The number of rotatable bonds is 10. The predicted molar refractivity (Wildman–Crippen MR) is 169 cm³/mol. The Hall–Kier alpha value is -4.65. The van der Waals surface area contributed by atoms with Gasteiger partial charge in [-0.25, -0.2) is 4.98 Å². The van der Waals surface area contributed by atoms with Gasteiger partial charge in [-0.3, -0.25) is 4.79 Å². The lowest BCUT2D eigenvalue weighted by molar-refractivity contribution is -0.141. The van der Waals surface area contributed by atoms with Crippen LogP contribution in [-0.4, -0.2) is 17.9 Å². The molecule has 0 aliphatic rings. The number of thioether (sulfide) groups is 1. The van der Waals surface area contributed by atoms with Crippen LogP contribution in [0.5, 0.6) is 5.75 Å². The second-order valence-electron chi connectivity index (χ2n) is 9.70. The number of nitrogens with zero attached hydrogens (tertiary/aromatic N) is 2. The van der Waals surface area contributed by atoms with E-state index in [0.717, 1.165) is 34.7 Å². The van der Waals surface area contributed by atoms with Gasteiger partial charge in [-0.15, -0.1) is 23.1 Å². The molecular weight excluding hydrogens is 602 g/mol. The van der Waals surface area contributed by atoms with Crippen LogP contribution in [-0.2, 0) is 18.3 Å². The third kappa shape index (κ3) is 7.46. The molecule has 0 radical (unpaired) electrons. The Kier molecular flexibility index (Phi) is 9.63. The van der Waals surface area contributed by atoms with Crippen LogP contribution in [0.4, 0.5) is 13.2 Å². The van der Waals surface area contributed by atoms with Crippen LogP contribution in [0.1, 0.15) is 42.5 Å². The van der Waals surface area contributed by atoms with Gasteiger partial charge >= 0.3 is 6.18 Å². The Labute approximate surface area is 261 Å². The van der Waals surface area contributed by atoms with Crippen LogP contribution < -0.4 is 4.74 Å². The molecule has 0 N–H and O–H groups in total. The number of hydrogen-bond acceptors (Lipinski definition) is 6. The van der Waals surface area contributed by atoms with Crippen LogP contribution >= 0.6 is 23.1 Å². The summed E-state index contributed by atoms with van der Waals surface area (Å²) < 4.78 is 46.9. The number of hydrogen-bond donors (Lipinski definition) is 0. The number of nitriles is 1. The normalized spacial score (nSPS) is 11.4. The minimum atomic E-state index is -4.69. The van der Waals surface area contributed by atoms with Crippen LogP contribution in [0.2, 0.25) is 0 Å². The summed E-state index contributed by atoms with van der Waals surface area (Å²) in [5, 5.41) is 9.91. The summed E-state index contributed by atoms with van der Waals surface area (Å²) in [5.41, 5.74) is 2.23. The number of thiophene rings is 1. The molecule has 5 rings (SSSR count). The van der Waals surface area contributed by atoms with E-state index in [-0.39, 0.29) is 27.7 Å². The molecule has 3 aromatic carbocycles. The first-order valence-corrected chi connectivity index (χ1v) is 15.3. The van der Waals surface area contributed by atoms with Crippen molar-refractivity contribution in [3.05, 3.63) is 141 Å². The molecule has 0 amide bonds. The van der Waals surface area contributed by atoms with Gasteiger partial charge in [0.1, 0.15) is 22.5 Å². The van der Waals surface area contributed by atoms with Gasteiger partial charge in [0.25, 0.3) is 0 Å². The molecule has 0 spiro atoms. The Bertz CT molecular complexity index is 1840. The van der Waals surface area contributed by atoms with Crippen LogP contribution in [0, 0.1) is 11.3 Å². The Balaban J connectivity index is 1.37. The Morgan fingerprint density at radius 1 is 1.00 bits per heavy atom. The van der Waals surface area contributed by atoms with Gasteiger partial charge in [-0.05, 0) is 53.1 Å². The molecule has 44 heavy (non-hydrogen) atoms. The molecule has 0 saturated carbocycles. The number of aromatic nitrogens is 1. The largest absolute Gasteiger partial charge is 0.496 e. The summed E-state index contributed by atoms with van der Waals surface area (Å²) in [6.07, 6.45) is -0.732. The number of methoxy groups -OCH3 is 1. The highest BCUT2D eigenvalue weighted by Gasteiger charge is 2.34. The highest BCUT2D eigenvalue weighted by molar-refractivity contribution is 7.98. The van der Waals surface area contributed by atoms with Gasteiger partial charge in [0, 0.05) is 28.2 Å². The van der Waals surface area contributed by atoms with E-state index >= 15 is 0 Å². The van der Waals surface area contributed by atoms with Crippen molar-refractivity contribution in [3.63, 3.8) is 0 Å². The number of halogens is 3. The first-order chi connectivity index (χ1) is 21.2. The molecule has 4 nitrogen and oxygen atoms in total. The number of allylic oxidation sites excluding steroid dienone is 1. The smallest absolute Gasteiger partial charge is 0.433 e. The highest BCUT2D eigenvalue weighted by atomic mass is 32.2. The maximum absolute atomic E-state index is 13.8. The molecule has 0 bridgehead atoms. The van der Waals surface area contributed by atoms with Crippen molar-refractivity contribution < 1.29 is 22.7 Å². The Morgan fingerprint density at radius 3 is 2.41 bits per heavy atom. The molecule has 0 aliphatic carbocycles. The van der Waals surface area contributed by atoms with Crippen LogP contribution in [0.15, 0.2) is 108 Å². The summed E-state index contributed by atoms with van der Waals surface area (Å²) in [4.78, 5) is 18.5. The van der Waals surface area contributed by atoms with Crippen molar-refractivity contribution in [2.75, 3.05) is 7.11 Å². The minimum absolute atomic E-state index is 0.0247. The Morgan fingerprint density at radius 2 is 1.73 bits per heavy atom. The molecule has 0 atom stereocenters. The van der Waals surface area contributed by atoms with Crippen molar-refractivity contribution >= 4 is 35.0 Å². The number of carbonyl (C=O) groups is 1. The molecular formula is C35H25F3N2O2S2. The molecule has 5 aromatic rings. The van der Waals surface area contributed by atoms with Gasteiger partial charge < -0.3 is 4.74 Å². The van der Waals surface area contributed by atoms with Gasteiger partial charge in [-0.2, -0.15) is 18.4 Å². The van der Waals surface area contributed by atoms with Crippen molar-refractivity contribution in [1.29, 1.82) is 5.26 Å². The topological polar surface area (TPSA) is 63.0 Å². The molecule has 220 valence electrons. The fourth-order valence-electron chi connectivity index (χ4n) is 4.54. The van der Waals surface area contributed by atoms with Gasteiger partial charge in [0.05, 0.1) is 17.6 Å². The maximum atomic E-state index is 13.8. The second kappa shape index (κ2) is 13.8. The summed E-state index contributed by atoms with van der Waals surface area (Å²) in [7, 11) is 1.50. The second-order valence-corrected chi connectivity index (χ2v) is 11.8. The number of alkyl halides is 3. The number of pyridine rings is 1. The first-order valence-electron chi connectivity index (χ1n) is 13.5. The van der Waals surface area contributed by atoms with Gasteiger partial charge in [0.15, 0.2) is 5.78 Å². The lowest BCUT2D eigenvalue weighted by Crippen LogP contribution is -2.10. The van der Waals surface area contributed by atoms with Crippen molar-refractivity contribution in [2.24, 2.45) is 0 Å². The zero-order valence-electron chi connectivity index (χ0n) is 23.5. The zero-order valence-corrected chi connectivity index (χ0v) is 25.1. The monoisotopic (exact) mass is 626 g/mol. The first kappa shape index (κ1) is 30.8. The summed E-state index contributed by atoms with van der Waals surface area (Å²) in [6.45, 7) is 0. The number of ether oxygens (including phenoxy) is 1. The predicted octanol–water partition coefficient (Wildman–Crippen LogP) is 9.49. The molecule has 0 saturated heterocycles. The molecule has 2 aromatic heterocycles. The summed E-state index contributed by atoms with van der Waals surface area (Å²) in [5.74, 6) is 0.587. The quantitative estimate of drug-likeness (QED) is 0.0878. The molecule has 2 heterocycles. The highest BCUT2D eigenvalue weighted by Crippen LogP contribution is 2.38. The fraction of sp³-hybridized carbons (Fsp3) is 0.114. The molecule has 0 fully saturated rings. The number of ketones is 1. The zero-order chi connectivity index (χ0) is 31.1. The molecule has 0 aliphatic heterocycles. The molecule has 9 heteroatoms. The van der Waals surface area contributed by atoms with E-state index in [0.29, 0.717) is 21.8 Å². The number of benzene rings is 3. The van der Waals surface area contributed by atoms with E-state index < -0.39 is 11.9 Å². The van der Waals surface area contributed by atoms with Gasteiger partial charge in [-0.1, -0.05) is 72.8 Å². The number of carbonyl (C=O) groups excluding carboxylic acids is 1. The standard InChI is InChI=1S/C35H25F3N2O2S2/c1-42-31-16-13-24(12-15-30(41)32-17-14-27(44-32)19-23-8-4-2-5-9-23)18-26(31)22-43-34-29(21-39)28(25-10-6-3-7-11-25)20-33(40-34)35(36,37)38/h2-18,20H,19,22H2,1H3/b15-12+. The van der Waals surface area contributed by atoms with E-state index in [1.165, 1.54) is 30.1 Å². The average Bonchev–Trinajstić information content (AvgIpc) is 3.51. The van der Waals surface area contributed by atoms with Crippen molar-refractivity contribution in [3.8, 4) is 22.9 Å². The van der Waals surface area contributed by atoms with E-state index in [1.54, 1.807) is 48.5 Å². The lowest BCUT2D eigenvalue weighted by Gasteiger charge is -2.15. The third-order valence-electron chi connectivity index (χ3n) is 6.69. The van der Waals surface area contributed by atoms with E-state index in [2.05, 4.69) is 11.1 Å². The van der Waals surface area contributed by atoms with Crippen LogP contribution in [0.25, 0.3) is 17.2 Å². The fourth-order valence-corrected chi connectivity index (χ4v) is 6.49. The van der Waals surface area contributed by atoms with E-state index in [4.69, 9.17) is 4.74 Å². The van der Waals surface area contributed by atoms with Crippen LogP contribution in [0.3, 0.4) is 0 Å². The summed E-state index contributed by atoms with van der Waals surface area (Å²) >= 11 is 2.48. The summed E-state index contributed by atoms with van der Waals surface area (Å²) in [6, 6.07) is 30.6. The van der Waals surface area contributed by atoms with Gasteiger partial charge in [0.2, 0.25) is 0 Å². The van der Waals surface area contributed by atoms with E-state index in [9.17, 15) is 23.2 Å². The SMILES string of the molecule is COc1ccc(/C=C/C(=O)c2ccc(Cc3ccccc3)s2)cc1CSc1nc(C(F)(F)F)cc(-c2ccccc2)c1C#N. The maximum Gasteiger partial charge on any atom is 0.433 e. The minimum Gasteiger partial charge on any atom is -0.496 e.